The first-order valence-corrected chi connectivity index (χ1v) is 6.82. The van der Waals surface area contributed by atoms with Crippen molar-refractivity contribution >= 4 is 5.91 Å². The molecule has 5 heteroatoms. The lowest BCUT2D eigenvalue weighted by Gasteiger charge is -2.16. The van der Waals surface area contributed by atoms with Crippen LogP contribution < -0.4 is 4.74 Å². The number of hydrogen-bond donors (Lipinski definition) is 2. The first-order chi connectivity index (χ1) is 9.49. The van der Waals surface area contributed by atoms with Crippen LogP contribution in [0.4, 0.5) is 0 Å². The van der Waals surface area contributed by atoms with Gasteiger partial charge in [0.1, 0.15) is 5.75 Å². The van der Waals surface area contributed by atoms with Gasteiger partial charge in [0.15, 0.2) is 0 Å². The summed E-state index contributed by atoms with van der Waals surface area (Å²) >= 11 is 0. The second kappa shape index (κ2) is 6.24. The minimum Gasteiger partial charge on any atom is -0.493 e. The van der Waals surface area contributed by atoms with Gasteiger partial charge in [-0.25, -0.2) is 0 Å². The number of para-hydroxylation sites is 1. The Morgan fingerprint density at radius 1 is 1.25 bits per heavy atom. The normalized spacial score (nSPS) is 22.1. The highest BCUT2D eigenvalue weighted by atomic mass is 16.5. The molecule has 1 heterocycles. The molecule has 2 rings (SSSR count). The molecule has 5 nitrogen and oxygen atoms in total. The van der Waals surface area contributed by atoms with Crippen molar-refractivity contribution in [1.82, 2.24) is 4.90 Å². The summed E-state index contributed by atoms with van der Waals surface area (Å²) in [7, 11) is 0. The molecular weight excluding hydrogens is 258 g/mol. The van der Waals surface area contributed by atoms with E-state index in [1.54, 1.807) is 0 Å². The maximum Gasteiger partial charge on any atom is 0.226 e. The third-order valence-corrected chi connectivity index (χ3v) is 3.58. The lowest BCUT2D eigenvalue weighted by atomic mass is 10.1. The molecule has 0 radical (unpaired) electrons. The number of carbonyl (C=O) groups is 1. The van der Waals surface area contributed by atoms with Gasteiger partial charge in [-0.2, -0.15) is 0 Å². The van der Waals surface area contributed by atoms with Crippen LogP contribution in [0.1, 0.15) is 17.5 Å². The summed E-state index contributed by atoms with van der Waals surface area (Å²) in [4.78, 5) is 13.4. The van der Waals surface area contributed by atoms with Gasteiger partial charge in [-0.15, -0.1) is 0 Å². The van der Waals surface area contributed by atoms with E-state index >= 15 is 0 Å². The quantitative estimate of drug-likeness (QED) is 0.848. The maximum absolute atomic E-state index is 11.9. The summed E-state index contributed by atoms with van der Waals surface area (Å²) in [6.07, 6.45) is -1.43. The predicted octanol–water partition coefficient (Wildman–Crippen LogP) is 0.636. The highest BCUT2D eigenvalue weighted by Gasteiger charge is 2.32. The van der Waals surface area contributed by atoms with E-state index in [9.17, 15) is 15.0 Å². The number of aliphatic hydroxyl groups excluding tert-OH is 2. The van der Waals surface area contributed by atoms with Crippen LogP contribution in [0.3, 0.4) is 0 Å². The molecule has 0 aliphatic carbocycles. The molecule has 1 fully saturated rings. The molecule has 2 atom stereocenters. The molecule has 0 unspecified atom stereocenters. The molecule has 0 aromatic heterocycles. The van der Waals surface area contributed by atoms with Crippen molar-refractivity contribution in [3.63, 3.8) is 0 Å². The van der Waals surface area contributed by atoms with Crippen molar-refractivity contribution in [3.05, 3.63) is 29.3 Å². The Hall–Kier alpha value is -1.59. The van der Waals surface area contributed by atoms with Crippen molar-refractivity contribution < 1.29 is 19.7 Å². The van der Waals surface area contributed by atoms with Gasteiger partial charge in [-0.3, -0.25) is 4.79 Å². The van der Waals surface area contributed by atoms with Gasteiger partial charge in [0.05, 0.1) is 25.2 Å². The standard InChI is InChI=1S/C15H21NO4/c1-10-4-3-5-11(2)15(10)20-7-6-14(19)16-8-12(17)13(18)9-16/h3-5,12-13,17-18H,6-9H2,1-2H3/t12-,13+. The maximum atomic E-state index is 11.9. The summed E-state index contributed by atoms with van der Waals surface area (Å²) in [5.41, 5.74) is 2.09. The summed E-state index contributed by atoms with van der Waals surface area (Å²) < 4.78 is 5.68. The molecule has 1 aliphatic heterocycles. The number of β-amino-alcohol motifs (C(OH)–C–C–N with tert-alkyl or cyclic N) is 2. The van der Waals surface area contributed by atoms with E-state index in [4.69, 9.17) is 4.74 Å². The van der Waals surface area contributed by atoms with Crippen LogP contribution in [0.2, 0.25) is 0 Å². The zero-order valence-electron chi connectivity index (χ0n) is 11.9. The Kier molecular flexibility index (Phi) is 4.62. The SMILES string of the molecule is Cc1cccc(C)c1OCCC(=O)N1C[C@@H](O)[C@@H](O)C1. The molecule has 0 spiro atoms. The molecule has 1 saturated heterocycles. The molecule has 0 saturated carbocycles. The molecule has 1 aromatic rings. The summed E-state index contributed by atoms with van der Waals surface area (Å²) in [6, 6.07) is 5.91. The van der Waals surface area contributed by atoms with Gasteiger partial charge in [0.25, 0.3) is 0 Å². The summed E-state index contributed by atoms with van der Waals surface area (Å²) in [6.45, 7) is 4.63. The monoisotopic (exact) mass is 279 g/mol. The van der Waals surface area contributed by atoms with Crippen molar-refractivity contribution in [2.75, 3.05) is 19.7 Å². The number of likely N-dealkylation sites (tertiary alicyclic amines) is 1. The average Bonchev–Trinajstić information content (AvgIpc) is 2.73. The zero-order valence-corrected chi connectivity index (χ0v) is 11.9. The number of amides is 1. The fourth-order valence-corrected chi connectivity index (χ4v) is 2.40. The van der Waals surface area contributed by atoms with Gasteiger partial charge < -0.3 is 19.8 Å². The Labute approximate surface area is 118 Å². The number of rotatable bonds is 4. The molecular formula is C15H21NO4. The first kappa shape index (κ1) is 14.8. The van der Waals surface area contributed by atoms with Gasteiger partial charge >= 0.3 is 0 Å². The van der Waals surface area contributed by atoms with Crippen LogP contribution in [0.25, 0.3) is 0 Å². The fraction of sp³-hybridized carbons (Fsp3) is 0.533. The topological polar surface area (TPSA) is 70.0 Å². The van der Waals surface area contributed by atoms with E-state index in [0.29, 0.717) is 6.61 Å². The molecule has 20 heavy (non-hydrogen) atoms. The van der Waals surface area contributed by atoms with Crippen LogP contribution in [-0.4, -0.2) is 52.9 Å². The highest BCUT2D eigenvalue weighted by Crippen LogP contribution is 2.22. The van der Waals surface area contributed by atoms with E-state index < -0.39 is 12.2 Å². The Bertz CT molecular complexity index is 459. The van der Waals surface area contributed by atoms with Crippen LogP contribution in [0.15, 0.2) is 18.2 Å². The van der Waals surface area contributed by atoms with Crippen LogP contribution in [0.5, 0.6) is 5.75 Å². The van der Waals surface area contributed by atoms with Crippen molar-refractivity contribution in [2.24, 2.45) is 0 Å². The Morgan fingerprint density at radius 2 is 1.80 bits per heavy atom. The van der Waals surface area contributed by atoms with E-state index in [-0.39, 0.29) is 25.4 Å². The minimum atomic E-state index is -0.835. The van der Waals surface area contributed by atoms with Crippen molar-refractivity contribution in [2.45, 2.75) is 32.5 Å². The molecule has 0 bridgehead atoms. The van der Waals surface area contributed by atoms with Gasteiger partial charge in [-0.05, 0) is 25.0 Å². The largest absolute Gasteiger partial charge is 0.493 e. The lowest BCUT2D eigenvalue weighted by molar-refractivity contribution is -0.131. The van der Waals surface area contributed by atoms with Gasteiger partial charge in [0.2, 0.25) is 5.91 Å². The number of aliphatic hydroxyl groups is 2. The van der Waals surface area contributed by atoms with Gasteiger partial charge in [0, 0.05) is 13.1 Å². The van der Waals surface area contributed by atoms with E-state index in [1.165, 1.54) is 4.90 Å². The Balaban J connectivity index is 1.83. The third kappa shape index (κ3) is 3.29. The number of carbonyl (C=O) groups excluding carboxylic acids is 1. The number of hydrogen-bond acceptors (Lipinski definition) is 4. The van der Waals surface area contributed by atoms with E-state index in [0.717, 1.165) is 16.9 Å². The molecule has 110 valence electrons. The molecule has 1 aliphatic rings. The number of nitrogens with zero attached hydrogens (tertiary/aromatic N) is 1. The third-order valence-electron chi connectivity index (χ3n) is 3.58. The fourth-order valence-electron chi connectivity index (χ4n) is 2.40. The van der Waals surface area contributed by atoms with Crippen LogP contribution in [0, 0.1) is 13.8 Å². The Morgan fingerprint density at radius 3 is 2.35 bits per heavy atom. The lowest BCUT2D eigenvalue weighted by Crippen LogP contribution is -2.30. The second-order valence-electron chi connectivity index (χ2n) is 5.25. The molecule has 1 aromatic carbocycles. The van der Waals surface area contributed by atoms with Crippen LogP contribution in [-0.2, 0) is 4.79 Å². The predicted molar refractivity (Wildman–Crippen MR) is 74.6 cm³/mol. The summed E-state index contributed by atoms with van der Waals surface area (Å²) in [5, 5.41) is 18.8. The molecule has 1 amide bonds. The smallest absolute Gasteiger partial charge is 0.226 e. The average molecular weight is 279 g/mol. The number of ether oxygens (including phenoxy) is 1. The number of benzene rings is 1. The second-order valence-corrected chi connectivity index (χ2v) is 5.25. The summed E-state index contributed by atoms with van der Waals surface area (Å²) in [5.74, 6) is 0.716. The zero-order chi connectivity index (χ0) is 14.7. The van der Waals surface area contributed by atoms with E-state index in [2.05, 4.69) is 0 Å². The van der Waals surface area contributed by atoms with E-state index in [1.807, 2.05) is 32.0 Å². The number of aryl methyl sites for hydroxylation is 2. The first-order valence-electron chi connectivity index (χ1n) is 6.82. The highest BCUT2D eigenvalue weighted by molar-refractivity contribution is 5.76. The van der Waals surface area contributed by atoms with Crippen molar-refractivity contribution in [3.8, 4) is 5.75 Å². The van der Waals surface area contributed by atoms with Gasteiger partial charge in [-0.1, -0.05) is 18.2 Å². The van der Waals surface area contributed by atoms with Crippen molar-refractivity contribution in [1.29, 1.82) is 0 Å². The minimum absolute atomic E-state index is 0.105. The van der Waals surface area contributed by atoms with Crippen LogP contribution >= 0.6 is 0 Å². The molecule has 2 N–H and O–H groups in total.